The van der Waals surface area contributed by atoms with Gasteiger partial charge in [0.05, 0.1) is 0 Å². The summed E-state index contributed by atoms with van der Waals surface area (Å²) < 4.78 is 14.0. The Morgan fingerprint density at radius 2 is 2.12 bits per heavy atom. The maximum Gasteiger partial charge on any atom is 0.127 e. The molecule has 1 aliphatic rings. The summed E-state index contributed by atoms with van der Waals surface area (Å²) in [6, 6.07) is 7.10. The van der Waals surface area contributed by atoms with Crippen LogP contribution in [0.15, 0.2) is 24.3 Å². The van der Waals surface area contributed by atoms with Gasteiger partial charge in [0.25, 0.3) is 0 Å². The molecular formula is C14H20FNS. The number of benzene rings is 1. The Bertz CT molecular complexity index is 371. The Hall–Kier alpha value is -0.540. The molecule has 17 heavy (non-hydrogen) atoms. The molecule has 0 heterocycles. The minimum Gasteiger partial charge on any atom is -0.309 e. The zero-order chi connectivity index (χ0) is 12.3. The van der Waals surface area contributed by atoms with Gasteiger partial charge in [-0.15, -0.1) is 0 Å². The summed E-state index contributed by atoms with van der Waals surface area (Å²) in [4.78, 5) is 0. The molecule has 0 spiro atoms. The van der Waals surface area contributed by atoms with Crippen LogP contribution in [0.4, 0.5) is 4.39 Å². The molecule has 0 aliphatic heterocycles. The summed E-state index contributed by atoms with van der Waals surface area (Å²) in [7, 11) is 0. The quantitative estimate of drug-likeness (QED) is 0.857. The first-order valence-corrected chi connectivity index (χ1v) is 7.42. The van der Waals surface area contributed by atoms with E-state index < -0.39 is 0 Å². The zero-order valence-corrected chi connectivity index (χ0v) is 11.3. The van der Waals surface area contributed by atoms with Crippen LogP contribution >= 0.6 is 11.8 Å². The Balaban J connectivity index is 1.93. The van der Waals surface area contributed by atoms with E-state index in [4.69, 9.17) is 0 Å². The van der Waals surface area contributed by atoms with E-state index >= 15 is 0 Å². The van der Waals surface area contributed by atoms with Gasteiger partial charge in [0.1, 0.15) is 5.82 Å². The lowest BCUT2D eigenvalue weighted by Gasteiger charge is -2.41. The number of hydrogen-bond acceptors (Lipinski definition) is 2. The number of thioether (sulfide) groups is 1. The van der Waals surface area contributed by atoms with Crippen LogP contribution in [0.25, 0.3) is 0 Å². The smallest absolute Gasteiger partial charge is 0.127 e. The van der Waals surface area contributed by atoms with Gasteiger partial charge < -0.3 is 5.32 Å². The Morgan fingerprint density at radius 1 is 1.41 bits per heavy atom. The van der Waals surface area contributed by atoms with Crippen molar-refractivity contribution in [2.75, 3.05) is 12.8 Å². The molecule has 1 aliphatic carbocycles. The number of nitrogens with one attached hydrogen (secondary N) is 1. The average molecular weight is 253 g/mol. The summed E-state index contributed by atoms with van der Waals surface area (Å²) in [6.45, 7) is 3.01. The molecule has 3 heteroatoms. The van der Waals surface area contributed by atoms with E-state index in [0.717, 1.165) is 12.1 Å². The Labute approximate surface area is 107 Å². The summed E-state index contributed by atoms with van der Waals surface area (Å²) in [5.41, 5.74) is 0.767. The maximum absolute atomic E-state index is 13.6. The van der Waals surface area contributed by atoms with Crippen molar-refractivity contribution in [3.05, 3.63) is 35.6 Å². The van der Waals surface area contributed by atoms with Crippen LogP contribution in [0.3, 0.4) is 0 Å². The lowest BCUT2D eigenvalue weighted by molar-refractivity contribution is 0.333. The normalized spacial score (nSPS) is 19.7. The van der Waals surface area contributed by atoms with Crippen molar-refractivity contribution in [3.8, 4) is 0 Å². The van der Waals surface area contributed by atoms with Gasteiger partial charge in [0, 0.05) is 22.9 Å². The van der Waals surface area contributed by atoms with Gasteiger partial charge in [-0.1, -0.05) is 24.6 Å². The minimum absolute atomic E-state index is 0.0841. The summed E-state index contributed by atoms with van der Waals surface area (Å²) in [5.74, 6) is -0.112. The highest BCUT2D eigenvalue weighted by Gasteiger charge is 2.36. The van der Waals surface area contributed by atoms with E-state index in [1.165, 1.54) is 25.3 Å². The number of halogens is 1. The summed E-state index contributed by atoms with van der Waals surface area (Å²) in [6.07, 6.45) is 6.07. The van der Waals surface area contributed by atoms with E-state index in [-0.39, 0.29) is 11.9 Å². The molecule has 1 N–H and O–H groups in total. The van der Waals surface area contributed by atoms with Crippen LogP contribution in [0, 0.1) is 5.82 Å². The fourth-order valence-electron chi connectivity index (χ4n) is 2.30. The molecule has 1 saturated carbocycles. The average Bonchev–Trinajstić information content (AvgIpc) is 2.28. The van der Waals surface area contributed by atoms with Crippen LogP contribution in [-0.4, -0.2) is 17.5 Å². The molecule has 1 unspecified atom stereocenters. The van der Waals surface area contributed by atoms with E-state index in [9.17, 15) is 4.39 Å². The second kappa shape index (κ2) is 5.40. The molecule has 0 aromatic heterocycles. The van der Waals surface area contributed by atoms with Gasteiger partial charge in [0.2, 0.25) is 0 Å². The molecule has 1 atom stereocenters. The molecule has 1 aromatic carbocycles. The highest BCUT2D eigenvalue weighted by Crippen LogP contribution is 2.42. The lowest BCUT2D eigenvalue weighted by Crippen LogP contribution is -2.44. The third-order valence-electron chi connectivity index (χ3n) is 3.80. The molecule has 0 bridgehead atoms. The third kappa shape index (κ3) is 2.83. The van der Waals surface area contributed by atoms with Crippen molar-refractivity contribution < 1.29 is 4.39 Å². The summed E-state index contributed by atoms with van der Waals surface area (Å²) >= 11 is 1.94. The van der Waals surface area contributed by atoms with Crippen LogP contribution in [0.2, 0.25) is 0 Å². The second-order valence-corrected chi connectivity index (χ2v) is 6.14. The fraction of sp³-hybridized carbons (Fsp3) is 0.571. The Kier molecular flexibility index (Phi) is 4.10. The highest BCUT2D eigenvalue weighted by molar-refractivity contribution is 8.00. The molecule has 2 rings (SSSR count). The lowest BCUT2D eigenvalue weighted by atomic mass is 9.84. The van der Waals surface area contributed by atoms with E-state index in [0.29, 0.717) is 4.75 Å². The molecule has 1 nitrogen and oxygen atoms in total. The SMILES string of the molecule is CSC1(CNC(C)c2ccccc2F)CCC1. The van der Waals surface area contributed by atoms with Crippen molar-refractivity contribution in [1.82, 2.24) is 5.32 Å². The topological polar surface area (TPSA) is 12.0 Å². The predicted molar refractivity (Wildman–Crippen MR) is 72.9 cm³/mol. The van der Waals surface area contributed by atoms with Crippen molar-refractivity contribution in [1.29, 1.82) is 0 Å². The van der Waals surface area contributed by atoms with E-state index in [2.05, 4.69) is 11.6 Å². The van der Waals surface area contributed by atoms with Gasteiger partial charge in [-0.3, -0.25) is 0 Å². The van der Waals surface area contributed by atoms with Gasteiger partial charge in [-0.25, -0.2) is 4.39 Å². The Morgan fingerprint density at radius 3 is 2.65 bits per heavy atom. The number of rotatable bonds is 5. The monoisotopic (exact) mass is 253 g/mol. The standard InChI is InChI=1S/C14H20FNS/c1-11(12-6-3-4-7-13(12)15)16-10-14(17-2)8-5-9-14/h3-4,6-7,11,16H,5,8-10H2,1-2H3. The van der Waals surface area contributed by atoms with Gasteiger partial charge in [-0.2, -0.15) is 11.8 Å². The van der Waals surface area contributed by atoms with Gasteiger partial charge >= 0.3 is 0 Å². The molecule has 1 fully saturated rings. The van der Waals surface area contributed by atoms with E-state index in [1.54, 1.807) is 6.07 Å². The first kappa shape index (κ1) is 12.9. The first-order chi connectivity index (χ1) is 8.17. The van der Waals surface area contributed by atoms with Crippen molar-refractivity contribution >= 4 is 11.8 Å². The summed E-state index contributed by atoms with van der Waals surface area (Å²) in [5, 5.41) is 3.47. The third-order valence-corrected chi connectivity index (χ3v) is 5.22. The highest BCUT2D eigenvalue weighted by atomic mass is 32.2. The molecule has 94 valence electrons. The fourth-order valence-corrected chi connectivity index (χ4v) is 3.22. The minimum atomic E-state index is -0.112. The van der Waals surface area contributed by atoms with Gasteiger partial charge in [0.15, 0.2) is 0 Å². The number of hydrogen-bond donors (Lipinski definition) is 1. The molecule has 1 aromatic rings. The van der Waals surface area contributed by atoms with Crippen LogP contribution < -0.4 is 5.32 Å². The van der Waals surface area contributed by atoms with Crippen molar-refractivity contribution in [3.63, 3.8) is 0 Å². The van der Waals surface area contributed by atoms with Gasteiger partial charge in [-0.05, 0) is 32.1 Å². The van der Waals surface area contributed by atoms with Crippen LogP contribution in [0.5, 0.6) is 0 Å². The van der Waals surface area contributed by atoms with Crippen LogP contribution in [0.1, 0.15) is 37.8 Å². The molecule has 0 saturated heterocycles. The maximum atomic E-state index is 13.6. The van der Waals surface area contributed by atoms with Crippen molar-refractivity contribution in [2.45, 2.75) is 37.0 Å². The molecule has 0 radical (unpaired) electrons. The second-order valence-electron chi connectivity index (χ2n) is 4.86. The first-order valence-electron chi connectivity index (χ1n) is 6.20. The van der Waals surface area contributed by atoms with Crippen LogP contribution in [-0.2, 0) is 0 Å². The largest absolute Gasteiger partial charge is 0.309 e. The van der Waals surface area contributed by atoms with Crippen molar-refractivity contribution in [2.24, 2.45) is 0 Å². The zero-order valence-electron chi connectivity index (χ0n) is 10.5. The molecule has 0 amide bonds. The van der Waals surface area contributed by atoms with E-state index in [1.807, 2.05) is 30.8 Å². The predicted octanol–water partition coefficient (Wildman–Crippen LogP) is 3.76. The molecular weight excluding hydrogens is 233 g/mol.